The monoisotopic (exact) mass is 432 g/mol. The second-order valence-corrected chi connectivity index (χ2v) is 7.22. The zero-order valence-corrected chi connectivity index (χ0v) is 17.3. The minimum atomic E-state index is -0.484. The molecule has 0 fully saturated rings. The third-order valence-electron chi connectivity index (χ3n) is 5.39. The fraction of sp³-hybridized carbons (Fsp3) is 0.238. The third kappa shape index (κ3) is 3.43. The number of ether oxygens (including phenoxy) is 1. The number of esters is 1. The second-order valence-electron chi connectivity index (χ2n) is 7.22. The van der Waals surface area contributed by atoms with Gasteiger partial charge in [-0.05, 0) is 29.5 Å². The van der Waals surface area contributed by atoms with E-state index in [4.69, 9.17) is 9.72 Å². The van der Waals surface area contributed by atoms with E-state index in [1.807, 2.05) is 48.5 Å². The van der Waals surface area contributed by atoms with E-state index in [0.29, 0.717) is 18.6 Å². The Morgan fingerprint density at radius 1 is 0.938 bits per heavy atom. The van der Waals surface area contributed by atoms with Crippen LogP contribution in [0, 0.1) is 0 Å². The van der Waals surface area contributed by atoms with Crippen molar-refractivity contribution < 1.29 is 9.53 Å². The van der Waals surface area contributed by atoms with Gasteiger partial charge in [0.25, 0.3) is 0 Å². The lowest BCUT2D eigenvalue weighted by Gasteiger charge is -2.09. The van der Waals surface area contributed by atoms with Crippen LogP contribution in [0.2, 0.25) is 0 Å². The predicted octanol–water partition coefficient (Wildman–Crippen LogP) is 1.06. The smallest absolute Gasteiger partial charge is 0.330 e. The highest BCUT2D eigenvalue weighted by Gasteiger charge is 2.18. The van der Waals surface area contributed by atoms with E-state index < -0.39 is 5.97 Å². The standard InChI is InChI=1S/C21H20N8O3/c1-32-20(30)13-28-18-9-5-4-8-17(18)27(21(28)31)12-19-24-15-6-2-3-7-16(15)26(19)10-11-29-23-14-22-25-29/h2-9,14H,10-13H2,1H3. The van der Waals surface area contributed by atoms with E-state index in [1.165, 1.54) is 22.8 Å². The lowest BCUT2D eigenvalue weighted by molar-refractivity contribution is -0.141. The molecule has 0 aliphatic heterocycles. The van der Waals surface area contributed by atoms with Gasteiger partial charge >= 0.3 is 11.7 Å². The predicted molar refractivity (Wildman–Crippen MR) is 115 cm³/mol. The molecule has 3 heterocycles. The van der Waals surface area contributed by atoms with Crippen LogP contribution in [0.25, 0.3) is 22.1 Å². The van der Waals surface area contributed by atoms with Crippen LogP contribution in [-0.4, -0.2) is 52.0 Å². The maximum Gasteiger partial charge on any atom is 0.330 e. The van der Waals surface area contributed by atoms with Crippen molar-refractivity contribution in [1.29, 1.82) is 0 Å². The molecule has 0 aliphatic rings. The first kappa shape index (κ1) is 19.7. The summed E-state index contributed by atoms with van der Waals surface area (Å²) >= 11 is 0. The molecule has 0 N–H and O–H groups in total. The van der Waals surface area contributed by atoms with Gasteiger partial charge in [-0.3, -0.25) is 13.9 Å². The van der Waals surface area contributed by atoms with Crippen LogP contribution in [0.1, 0.15) is 5.82 Å². The first-order valence-electron chi connectivity index (χ1n) is 10.1. The van der Waals surface area contributed by atoms with E-state index in [-0.39, 0.29) is 18.8 Å². The van der Waals surface area contributed by atoms with Gasteiger partial charge in [0.15, 0.2) is 6.33 Å². The van der Waals surface area contributed by atoms with E-state index >= 15 is 0 Å². The number of tetrazole rings is 1. The summed E-state index contributed by atoms with van der Waals surface area (Å²) in [5.74, 6) is 0.233. The number of carbonyl (C=O) groups is 1. The molecule has 5 aromatic rings. The van der Waals surface area contributed by atoms with Crippen LogP contribution in [0.15, 0.2) is 59.7 Å². The molecule has 0 aliphatic carbocycles. The van der Waals surface area contributed by atoms with Crippen LogP contribution in [0.3, 0.4) is 0 Å². The molecule has 0 saturated heterocycles. The second kappa shape index (κ2) is 8.10. The largest absolute Gasteiger partial charge is 0.468 e. The highest BCUT2D eigenvalue weighted by Crippen LogP contribution is 2.19. The molecule has 0 bridgehead atoms. The number of aromatic nitrogens is 8. The van der Waals surface area contributed by atoms with Crippen molar-refractivity contribution in [3.63, 3.8) is 0 Å². The van der Waals surface area contributed by atoms with Gasteiger partial charge in [-0.25, -0.2) is 9.78 Å². The molecule has 0 spiro atoms. The third-order valence-corrected chi connectivity index (χ3v) is 5.39. The van der Waals surface area contributed by atoms with E-state index in [0.717, 1.165) is 22.4 Å². The molecule has 3 aromatic heterocycles. The molecule has 11 heteroatoms. The number of nitrogens with zero attached hydrogens (tertiary/aromatic N) is 8. The number of rotatable bonds is 7. The molecule has 5 rings (SSSR count). The summed E-state index contributed by atoms with van der Waals surface area (Å²) in [7, 11) is 1.30. The van der Waals surface area contributed by atoms with Crippen molar-refractivity contribution in [2.24, 2.45) is 0 Å². The number of para-hydroxylation sites is 4. The Morgan fingerprint density at radius 2 is 1.66 bits per heavy atom. The zero-order chi connectivity index (χ0) is 22.1. The Bertz CT molecular complexity index is 1460. The highest BCUT2D eigenvalue weighted by molar-refractivity contribution is 5.79. The Labute approximate surface area is 181 Å². The van der Waals surface area contributed by atoms with Crippen molar-refractivity contribution >= 4 is 28.0 Å². The molecule has 11 nitrogen and oxygen atoms in total. The summed E-state index contributed by atoms with van der Waals surface area (Å²) in [6.07, 6.45) is 1.39. The molecular formula is C21H20N8O3. The SMILES string of the molecule is COC(=O)Cn1c(=O)n(Cc2nc3ccccc3n2CCn2ncnn2)c2ccccc21. The summed E-state index contributed by atoms with van der Waals surface area (Å²) in [5.41, 5.74) is 2.87. The molecule has 0 radical (unpaired) electrons. The number of fused-ring (bicyclic) bond motifs is 2. The molecule has 2 aromatic carbocycles. The summed E-state index contributed by atoms with van der Waals surface area (Å²) in [4.78, 5) is 31.4. The van der Waals surface area contributed by atoms with Crippen LogP contribution in [0.4, 0.5) is 0 Å². The van der Waals surface area contributed by atoms with Crippen molar-refractivity contribution in [2.45, 2.75) is 26.2 Å². The average Bonchev–Trinajstić information content (AvgIpc) is 3.52. The lowest BCUT2D eigenvalue weighted by atomic mass is 10.3. The fourth-order valence-corrected chi connectivity index (χ4v) is 3.89. The minimum Gasteiger partial charge on any atom is -0.468 e. The molecule has 0 amide bonds. The minimum absolute atomic E-state index is 0.156. The maximum atomic E-state index is 13.3. The van der Waals surface area contributed by atoms with Gasteiger partial charge in [0.2, 0.25) is 0 Å². The number of methoxy groups -OCH3 is 1. The van der Waals surface area contributed by atoms with E-state index in [1.54, 1.807) is 4.57 Å². The van der Waals surface area contributed by atoms with Crippen LogP contribution in [0.5, 0.6) is 0 Å². The van der Waals surface area contributed by atoms with Gasteiger partial charge in [-0.1, -0.05) is 24.3 Å². The molecule has 0 unspecified atom stereocenters. The van der Waals surface area contributed by atoms with Crippen molar-refractivity contribution in [1.82, 2.24) is 38.9 Å². The number of carbonyl (C=O) groups excluding carboxylic acids is 1. The number of hydrogen-bond donors (Lipinski definition) is 0. The van der Waals surface area contributed by atoms with Crippen LogP contribution >= 0.6 is 0 Å². The summed E-state index contributed by atoms with van der Waals surface area (Å²) in [5, 5.41) is 11.7. The molecule has 0 atom stereocenters. The van der Waals surface area contributed by atoms with E-state index in [2.05, 4.69) is 20.0 Å². The molecule has 0 saturated carbocycles. The lowest BCUT2D eigenvalue weighted by Crippen LogP contribution is -2.28. The molecule has 162 valence electrons. The number of aryl methyl sites for hydroxylation is 2. The molecular weight excluding hydrogens is 412 g/mol. The number of imidazole rings is 2. The Kier molecular flexibility index (Phi) is 4.98. The number of benzene rings is 2. The first-order valence-corrected chi connectivity index (χ1v) is 10.1. The zero-order valence-electron chi connectivity index (χ0n) is 17.3. The highest BCUT2D eigenvalue weighted by atomic mass is 16.5. The summed E-state index contributed by atoms with van der Waals surface area (Å²) in [6, 6.07) is 15.2. The Hall–Kier alpha value is -4.28. The van der Waals surface area contributed by atoms with Gasteiger partial charge < -0.3 is 9.30 Å². The quantitative estimate of drug-likeness (QED) is 0.353. The topological polar surface area (TPSA) is 115 Å². The summed E-state index contributed by atoms with van der Waals surface area (Å²) < 4.78 is 9.87. The van der Waals surface area contributed by atoms with Gasteiger partial charge in [0.1, 0.15) is 12.4 Å². The fourth-order valence-electron chi connectivity index (χ4n) is 3.89. The van der Waals surface area contributed by atoms with Crippen LogP contribution in [-0.2, 0) is 35.7 Å². The van der Waals surface area contributed by atoms with Gasteiger partial charge in [-0.15, -0.1) is 10.2 Å². The normalized spacial score (nSPS) is 11.4. The number of hydrogen-bond acceptors (Lipinski definition) is 7. The van der Waals surface area contributed by atoms with E-state index in [9.17, 15) is 9.59 Å². The van der Waals surface area contributed by atoms with Crippen molar-refractivity contribution in [2.75, 3.05) is 7.11 Å². The van der Waals surface area contributed by atoms with Gasteiger partial charge in [-0.2, -0.15) is 4.80 Å². The Morgan fingerprint density at radius 3 is 2.38 bits per heavy atom. The average molecular weight is 432 g/mol. The maximum absolute atomic E-state index is 13.3. The molecule has 32 heavy (non-hydrogen) atoms. The summed E-state index contributed by atoms with van der Waals surface area (Å²) in [6.45, 7) is 1.15. The van der Waals surface area contributed by atoms with Crippen LogP contribution < -0.4 is 5.69 Å². The first-order chi connectivity index (χ1) is 15.7. The van der Waals surface area contributed by atoms with Crippen molar-refractivity contribution in [3.8, 4) is 0 Å². The Balaban J connectivity index is 1.59. The van der Waals surface area contributed by atoms with Gasteiger partial charge in [0.05, 0.1) is 42.3 Å². The van der Waals surface area contributed by atoms with Crippen molar-refractivity contribution in [3.05, 3.63) is 71.2 Å². The van der Waals surface area contributed by atoms with Gasteiger partial charge in [0, 0.05) is 6.54 Å².